The van der Waals surface area contributed by atoms with E-state index in [0.29, 0.717) is 18.2 Å². The van der Waals surface area contributed by atoms with Gasteiger partial charge in [-0.25, -0.2) is 4.79 Å². The van der Waals surface area contributed by atoms with E-state index < -0.39 is 189 Å². The van der Waals surface area contributed by atoms with E-state index in [9.17, 15) is 128 Å². The molecule has 0 heterocycles. The third kappa shape index (κ3) is 16.4. The highest BCUT2D eigenvalue weighted by molar-refractivity contribution is 7.87. The number of ether oxygens (including phenoxy) is 1. The van der Waals surface area contributed by atoms with Crippen LogP contribution in [0.2, 0.25) is 0 Å². The van der Waals surface area contributed by atoms with Gasteiger partial charge in [0.05, 0.1) is 61.8 Å². The average molecular weight is 1580 g/mol. The van der Waals surface area contributed by atoms with Crippen LogP contribution in [-0.2, 0) is 65.5 Å². The van der Waals surface area contributed by atoms with Gasteiger partial charge in [0.15, 0.2) is 23.9 Å². The molecule has 0 radical (unpaired) electrons. The number of anilines is 1. The Labute approximate surface area is 593 Å². The number of aliphatic hydroxyl groups is 2. The summed E-state index contributed by atoms with van der Waals surface area (Å²) in [4.78, 5) is 17.1. The molecule has 552 valence electrons. The number of azo groups is 5. The molecule has 47 heteroatoms. The van der Waals surface area contributed by atoms with Crippen LogP contribution in [0.4, 0.5) is 68.2 Å². The summed E-state index contributed by atoms with van der Waals surface area (Å²) in [5.74, 6) is -6.00. The molecule has 0 unspecified atom stereocenters. The number of aliphatic hydroxyl groups excluding tert-OH is 2. The summed E-state index contributed by atoms with van der Waals surface area (Å²) in [6, 6.07) is 18.3. The number of aryl methyl sites for hydroxylation is 1. The highest BCUT2D eigenvalue weighted by Crippen LogP contribution is 2.50. The van der Waals surface area contributed by atoms with Crippen molar-refractivity contribution in [1.82, 2.24) is 0 Å². The van der Waals surface area contributed by atoms with Gasteiger partial charge in [-0.15, -0.1) is 35.8 Å². The fourth-order valence-corrected chi connectivity index (χ4v) is 14.0. The molecule has 10 aromatic rings. The average Bonchev–Trinajstić information content (AvgIpc) is 0.768. The Hall–Kier alpha value is -11.7. The van der Waals surface area contributed by atoms with E-state index in [4.69, 9.17) is 4.74 Å². The maximum absolute atomic E-state index is 13.3. The van der Waals surface area contributed by atoms with E-state index in [1.54, 1.807) is 0 Å². The van der Waals surface area contributed by atoms with Crippen LogP contribution in [0.1, 0.15) is 5.56 Å². The van der Waals surface area contributed by atoms with Gasteiger partial charge in [-0.05, 0) is 120 Å². The van der Waals surface area contributed by atoms with Gasteiger partial charge >= 0.3 is 5.97 Å². The van der Waals surface area contributed by atoms with Crippen LogP contribution in [0.5, 0.6) is 28.7 Å². The summed E-state index contributed by atoms with van der Waals surface area (Å²) in [5.41, 5.74) is -6.56. The molecule has 0 aliphatic carbocycles. The Morgan fingerprint density at radius 1 is 0.443 bits per heavy atom. The Kier molecular flexibility index (Phi) is 21.1. The highest BCUT2D eigenvalue weighted by Gasteiger charge is 2.30. The third-order valence-corrected chi connectivity index (χ3v) is 20.2. The maximum atomic E-state index is 13.3. The number of nitro groups is 1. The topological polar surface area (TPSA) is 664 Å². The van der Waals surface area contributed by atoms with Crippen LogP contribution in [0, 0.1) is 17.0 Å². The number of fused-ring (bicyclic) bond motifs is 4. The zero-order valence-electron chi connectivity index (χ0n) is 52.7. The normalized spacial score (nSPS) is 13.0. The van der Waals surface area contributed by atoms with Crippen molar-refractivity contribution in [1.29, 1.82) is 0 Å². The first-order valence-corrected chi connectivity index (χ1v) is 37.5. The molecule has 13 N–H and O–H groups in total. The first kappa shape index (κ1) is 76.9. The fraction of sp³-hybridized carbons (Fsp3) is 0.102. The van der Waals surface area contributed by atoms with Crippen molar-refractivity contribution in [3.63, 3.8) is 0 Å². The van der Waals surface area contributed by atoms with Crippen LogP contribution in [0.25, 0.3) is 43.1 Å². The summed E-state index contributed by atoms with van der Waals surface area (Å²) in [5, 5.41) is 124. The number of non-ortho nitro benzene ring substituents is 1. The zero-order chi connectivity index (χ0) is 77.7. The van der Waals surface area contributed by atoms with Crippen LogP contribution < -0.4 is 9.64 Å². The van der Waals surface area contributed by atoms with E-state index >= 15 is 0 Å². The van der Waals surface area contributed by atoms with Gasteiger partial charge in [-0.1, -0.05) is 6.07 Å². The van der Waals surface area contributed by atoms with Crippen molar-refractivity contribution < 1.29 is 128 Å². The summed E-state index contributed by atoms with van der Waals surface area (Å²) >= 11 is 0. The molecule has 10 aromatic carbocycles. The summed E-state index contributed by atoms with van der Waals surface area (Å²) in [7, 11) is -31.6. The number of nitrogens with zero attached hydrogens (tertiary/aromatic N) is 12. The van der Waals surface area contributed by atoms with Gasteiger partial charge in [0.1, 0.15) is 65.2 Å². The number of carbonyl (C=O) groups is 1. The third-order valence-electron chi connectivity index (χ3n) is 15.1. The first-order valence-electron chi connectivity index (χ1n) is 28.9. The molecular weight excluding hydrogens is 1530 g/mol. The van der Waals surface area contributed by atoms with Crippen LogP contribution >= 0.6 is 0 Å². The number of rotatable bonds is 25. The lowest BCUT2D eigenvalue weighted by Gasteiger charge is -2.25. The van der Waals surface area contributed by atoms with Crippen molar-refractivity contribution in [2.24, 2.45) is 51.1 Å². The number of phenolic OH excluding ortho intramolecular Hbond substituents is 4. The molecule has 0 aliphatic rings. The lowest BCUT2D eigenvalue weighted by molar-refractivity contribution is -0.385. The monoisotopic (exact) mass is 1580 g/mol. The van der Waals surface area contributed by atoms with Crippen molar-refractivity contribution in [3.8, 4) is 28.7 Å². The number of benzene rings is 10. The van der Waals surface area contributed by atoms with Crippen molar-refractivity contribution >= 4 is 178 Å². The van der Waals surface area contributed by atoms with Gasteiger partial charge in [-0.2, -0.15) is 65.8 Å². The molecular formula is C59H46N12O29S6. The predicted octanol–water partition coefficient (Wildman–Crippen LogP) is 11.2. The summed E-state index contributed by atoms with van der Waals surface area (Å²) in [6.07, 6.45) is 0. The molecule has 0 aromatic heterocycles. The second-order valence-corrected chi connectivity index (χ2v) is 30.4. The number of nitro benzene ring substituents is 1. The quantitative estimate of drug-likeness (QED) is 0.0109. The van der Waals surface area contributed by atoms with Crippen LogP contribution in [0.15, 0.2) is 202 Å². The number of carboxylic acid groups (broad SMARTS) is 1. The summed E-state index contributed by atoms with van der Waals surface area (Å²) < 4.78 is 217. The van der Waals surface area contributed by atoms with Gasteiger partial charge in [0.25, 0.3) is 66.4 Å². The zero-order valence-corrected chi connectivity index (χ0v) is 57.6. The van der Waals surface area contributed by atoms with Crippen molar-refractivity contribution in [3.05, 3.63) is 137 Å². The van der Waals surface area contributed by atoms with E-state index in [1.165, 1.54) is 36.1 Å². The fourth-order valence-electron chi connectivity index (χ4n) is 10.4. The second kappa shape index (κ2) is 29.1. The number of aromatic hydroxyl groups is 4. The van der Waals surface area contributed by atoms with E-state index in [-0.39, 0.29) is 90.2 Å². The Morgan fingerprint density at radius 3 is 1.50 bits per heavy atom. The smallest absolute Gasteiger partial charge is 0.341 e. The predicted molar refractivity (Wildman–Crippen MR) is 366 cm³/mol. The molecule has 0 aliphatic heterocycles. The second-order valence-electron chi connectivity index (χ2n) is 22.0. The molecule has 0 bridgehead atoms. The molecule has 106 heavy (non-hydrogen) atoms. The molecule has 10 rings (SSSR count). The minimum absolute atomic E-state index is 0.0300. The molecule has 0 amide bonds. The van der Waals surface area contributed by atoms with E-state index in [0.717, 1.165) is 78.9 Å². The molecule has 0 atom stereocenters. The minimum Gasteiger partial charge on any atom is -0.507 e. The van der Waals surface area contributed by atoms with Crippen LogP contribution in [0.3, 0.4) is 0 Å². The first-order chi connectivity index (χ1) is 49.5. The number of hydrogen-bond donors (Lipinski definition) is 13. The Balaban J connectivity index is 1.04. The van der Waals surface area contributed by atoms with E-state index in [2.05, 4.69) is 51.1 Å². The van der Waals surface area contributed by atoms with Crippen molar-refractivity contribution in [2.75, 3.05) is 37.8 Å². The van der Waals surface area contributed by atoms with Gasteiger partial charge in [-0.3, -0.25) is 37.4 Å². The van der Waals surface area contributed by atoms with Gasteiger partial charge < -0.3 is 45.4 Å². The Morgan fingerprint density at radius 2 is 0.934 bits per heavy atom. The number of hydrogen-bond acceptors (Lipinski definition) is 33. The highest BCUT2D eigenvalue weighted by atomic mass is 32.2. The molecule has 0 spiro atoms. The standard InChI is InChI=1S/C59H46N12O29S6/c1-27-14-42(46(100-26-51(75)76)25-41(27)63-65-43-22-34(101(82,83)84)16-30-17-35(102(85,86)87)23-45(74)52(30)43)64-69-55-48(104(91,92)93)18-28-2-3-32(20-38(28)59(55)79)61-66-53-39-24-50(106(97,98)99)56(58(78)37(39)7-9-44(53)70(10-12-72)11-13-73)67-60-31-4-6-36-29(15-31)19-49(105(94,95)96)54(57(36)77)68-62-40-8-5-33(71(80)81)21-47(40)103(88,89)90/h2-9,14-25,72-74,77-79H,10-13,26H2,1H3,(H,75,76)(H,82,83,84)(H,85,86,87)(H,88,89,90)(H,91,92,93)(H,94,95,96)(H,97,98,99)/b65-63-,66-61?,67-60+,68-62-,69-64?. The lowest BCUT2D eigenvalue weighted by atomic mass is 10.0. The molecule has 0 fully saturated rings. The SMILES string of the molecule is Cc1cc(N=Nc2c(S(=O)(=O)O)cc3ccc(N=Nc4c(N(CCO)CCO)ccc5c(O)c(/N=N/c6ccc7c(O)c(/N=N\c8ccc([N+](=O)[O-])cc8S(=O)(=O)O)c(S(=O)(=O)O)cc7c6)c(S(=O)(=O)O)cc45)cc3c2O)c(OCC(=O)O)cc1/N=N\c1cc(S(=O)(=O)O)cc2cc(S(=O)(=O)O)cc(O)c12. The minimum atomic E-state index is -5.51. The maximum Gasteiger partial charge on any atom is 0.341 e. The lowest BCUT2D eigenvalue weighted by Crippen LogP contribution is -2.29. The van der Waals surface area contributed by atoms with Gasteiger partial charge in [0, 0.05) is 58.9 Å². The number of phenols is 4. The molecule has 0 saturated carbocycles. The number of aliphatic carboxylic acids is 1. The van der Waals surface area contributed by atoms with Crippen LogP contribution in [-0.4, -0.2) is 157 Å². The largest absolute Gasteiger partial charge is 0.507 e. The number of carboxylic acids is 1. The van der Waals surface area contributed by atoms with Crippen molar-refractivity contribution in [2.45, 2.75) is 36.3 Å². The summed E-state index contributed by atoms with van der Waals surface area (Å²) in [6.45, 7) is -1.37. The molecule has 41 nitrogen and oxygen atoms in total. The molecule has 0 saturated heterocycles. The van der Waals surface area contributed by atoms with E-state index in [1.807, 2.05) is 0 Å². The Bertz CT molecular complexity index is 6330. The van der Waals surface area contributed by atoms with Gasteiger partial charge in [0.2, 0.25) is 0 Å².